The first-order valence-electron chi connectivity index (χ1n) is 6.46. The topological polar surface area (TPSA) is 35.2 Å². The third kappa shape index (κ3) is 2.90. The molecule has 0 fully saturated rings. The van der Waals surface area contributed by atoms with Crippen LogP contribution < -0.4 is 10.5 Å². The summed E-state index contributed by atoms with van der Waals surface area (Å²) >= 11 is 0. The van der Waals surface area contributed by atoms with Crippen LogP contribution in [-0.2, 0) is 5.41 Å². The van der Waals surface area contributed by atoms with Gasteiger partial charge in [-0.3, -0.25) is 0 Å². The molecule has 0 aliphatic heterocycles. The van der Waals surface area contributed by atoms with Crippen molar-refractivity contribution in [2.45, 2.75) is 26.2 Å². The van der Waals surface area contributed by atoms with Gasteiger partial charge in [0.05, 0.1) is 12.8 Å². The molecule has 2 rings (SSSR count). The number of benzene rings is 2. The standard InChI is InChI=1S/C17H21NO/c1-17(2,3)14-8-5-12(6-9-14)13-7-10-16(19-4)15(18)11-13/h5-11H,18H2,1-4H3. The van der Waals surface area contributed by atoms with E-state index in [1.807, 2.05) is 18.2 Å². The summed E-state index contributed by atoms with van der Waals surface area (Å²) in [4.78, 5) is 0. The highest BCUT2D eigenvalue weighted by Gasteiger charge is 2.13. The lowest BCUT2D eigenvalue weighted by atomic mass is 9.86. The van der Waals surface area contributed by atoms with Crippen molar-refractivity contribution in [3.63, 3.8) is 0 Å². The van der Waals surface area contributed by atoms with Crippen molar-refractivity contribution in [2.75, 3.05) is 12.8 Å². The summed E-state index contributed by atoms with van der Waals surface area (Å²) in [5.74, 6) is 0.718. The Morgan fingerprint density at radius 1 is 0.895 bits per heavy atom. The van der Waals surface area contributed by atoms with E-state index in [1.54, 1.807) is 7.11 Å². The smallest absolute Gasteiger partial charge is 0.141 e. The zero-order valence-corrected chi connectivity index (χ0v) is 12.0. The van der Waals surface area contributed by atoms with Crippen molar-refractivity contribution >= 4 is 5.69 Å². The predicted octanol–water partition coefficient (Wildman–Crippen LogP) is 4.24. The van der Waals surface area contributed by atoms with Gasteiger partial charge < -0.3 is 10.5 Å². The van der Waals surface area contributed by atoms with Gasteiger partial charge in [0.25, 0.3) is 0 Å². The summed E-state index contributed by atoms with van der Waals surface area (Å²) in [5.41, 5.74) is 10.4. The van der Waals surface area contributed by atoms with Gasteiger partial charge in [-0.1, -0.05) is 51.1 Å². The second-order valence-corrected chi connectivity index (χ2v) is 5.78. The summed E-state index contributed by atoms with van der Waals surface area (Å²) in [6.45, 7) is 6.65. The number of nitrogens with two attached hydrogens (primary N) is 1. The largest absolute Gasteiger partial charge is 0.495 e. The quantitative estimate of drug-likeness (QED) is 0.814. The number of rotatable bonds is 2. The second-order valence-electron chi connectivity index (χ2n) is 5.78. The first-order valence-corrected chi connectivity index (χ1v) is 6.46. The van der Waals surface area contributed by atoms with Crippen LogP contribution in [0.3, 0.4) is 0 Å². The van der Waals surface area contributed by atoms with E-state index in [0.29, 0.717) is 5.69 Å². The minimum atomic E-state index is 0.178. The van der Waals surface area contributed by atoms with Crippen molar-refractivity contribution in [3.8, 4) is 16.9 Å². The molecule has 2 aromatic carbocycles. The first-order chi connectivity index (χ1) is 8.91. The van der Waals surface area contributed by atoms with Crippen LogP contribution in [0.25, 0.3) is 11.1 Å². The number of hydrogen-bond acceptors (Lipinski definition) is 2. The van der Waals surface area contributed by atoms with E-state index < -0.39 is 0 Å². The molecule has 0 saturated heterocycles. The molecule has 0 radical (unpaired) electrons. The molecule has 2 N–H and O–H groups in total. The highest BCUT2D eigenvalue weighted by molar-refractivity contribution is 5.70. The van der Waals surface area contributed by atoms with Gasteiger partial charge >= 0.3 is 0 Å². The van der Waals surface area contributed by atoms with Crippen LogP contribution in [0.2, 0.25) is 0 Å². The van der Waals surface area contributed by atoms with E-state index in [1.165, 1.54) is 11.1 Å². The minimum Gasteiger partial charge on any atom is -0.495 e. The zero-order chi connectivity index (χ0) is 14.0. The Hall–Kier alpha value is -1.96. The normalized spacial score (nSPS) is 11.4. The molecule has 0 aromatic heterocycles. The van der Waals surface area contributed by atoms with Crippen molar-refractivity contribution in [3.05, 3.63) is 48.0 Å². The van der Waals surface area contributed by atoms with Crippen LogP contribution >= 0.6 is 0 Å². The lowest BCUT2D eigenvalue weighted by molar-refractivity contribution is 0.417. The molecule has 0 unspecified atom stereocenters. The zero-order valence-electron chi connectivity index (χ0n) is 12.0. The number of anilines is 1. The van der Waals surface area contributed by atoms with Crippen LogP contribution in [0.5, 0.6) is 5.75 Å². The Balaban J connectivity index is 2.35. The molecule has 0 saturated carbocycles. The third-order valence-corrected chi connectivity index (χ3v) is 3.31. The Morgan fingerprint density at radius 3 is 1.95 bits per heavy atom. The lowest BCUT2D eigenvalue weighted by Crippen LogP contribution is -2.10. The molecule has 19 heavy (non-hydrogen) atoms. The Morgan fingerprint density at radius 2 is 1.47 bits per heavy atom. The molecular formula is C17H21NO. The van der Waals surface area contributed by atoms with E-state index >= 15 is 0 Å². The Labute approximate surface area is 115 Å². The van der Waals surface area contributed by atoms with E-state index in [4.69, 9.17) is 10.5 Å². The van der Waals surface area contributed by atoms with Gasteiger partial charge in [-0.25, -0.2) is 0 Å². The van der Waals surface area contributed by atoms with Crippen LogP contribution in [0.4, 0.5) is 5.69 Å². The molecule has 0 amide bonds. The minimum absolute atomic E-state index is 0.178. The number of hydrogen-bond donors (Lipinski definition) is 1. The lowest BCUT2D eigenvalue weighted by Gasteiger charge is -2.19. The van der Waals surface area contributed by atoms with Crippen LogP contribution in [0, 0.1) is 0 Å². The summed E-state index contributed by atoms with van der Waals surface area (Å²) < 4.78 is 5.17. The fraction of sp³-hybridized carbons (Fsp3) is 0.294. The van der Waals surface area contributed by atoms with Crippen molar-refractivity contribution < 1.29 is 4.74 Å². The highest BCUT2D eigenvalue weighted by Crippen LogP contribution is 2.30. The van der Waals surface area contributed by atoms with Crippen molar-refractivity contribution in [1.82, 2.24) is 0 Å². The third-order valence-electron chi connectivity index (χ3n) is 3.31. The maximum absolute atomic E-state index is 5.94. The van der Waals surface area contributed by atoms with Gasteiger partial charge in [0.2, 0.25) is 0 Å². The monoisotopic (exact) mass is 255 g/mol. The van der Waals surface area contributed by atoms with Gasteiger partial charge in [0, 0.05) is 0 Å². The Bertz CT molecular complexity index is 565. The molecule has 0 heterocycles. The number of methoxy groups -OCH3 is 1. The SMILES string of the molecule is COc1ccc(-c2ccc(C(C)(C)C)cc2)cc1N. The molecular weight excluding hydrogens is 234 g/mol. The van der Waals surface area contributed by atoms with Crippen molar-refractivity contribution in [1.29, 1.82) is 0 Å². The second kappa shape index (κ2) is 4.96. The summed E-state index contributed by atoms with van der Waals surface area (Å²) in [6, 6.07) is 14.5. The molecule has 2 heteroatoms. The predicted molar refractivity (Wildman–Crippen MR) is 81.5 cm³/mol. The molecule has 100 valence electrons. The summed E-state index contributed by atoms with van der Waals surface area (Å²) in [5, 5.41) is 0. The molecule has 0 spiro atoms. The van der Waals surface area contributed by atoms with E-state index in [2.05, 4.69) is 45.0 Å². The van der Waals surface area contributed by atoms with E-state index in [0.717, 1.165) is 11.3 Å². The van der Waals surface area contributed by atoms with Crippen LogP contribution in [0.1, 0.15) is 26.3 Å². The number of ether oxygens (including phenoxy) is 1. The van der Waals surface area contributed by atoms with Gasteiger partial charge in [-0.2, -0.15) is 0 Å². The molecule has 0 aliphatic carbocycles. The summed E-state index contributed by atoms with van der Waals surface area (Å²) in [7, 11) is 1.63. The molecule has 0 atom stereocenters. The van der Waals surface area contributed by atoms with Gasteiger partial charge in [0.15, 0.2) is 0 Å². The highest BCUT2D eigenvalue weighted by atomic mass is 16.5. The molecule has 0 bridgehead atoms. The number of nitrogen functional groups attached to an aromatic ring is 1. The average Bonchev–Trinajstić information content (AvgIpc) is 2.38. The average molecular weight is 255 g/mol. The molecule has 2 nitrogen and oxygen atoms in total. The van der Waals surface area contributed by atoms with E-state index in [9.17, 15) is 0 Å². The van der Waals surface area contributed by atoms with Crippen LogP contribution in [-0.4, -0.2) is 7.11 Å². The maximum atomic E-state index is 5.94. The fourth-order valence-electron chi connectivity index (χ4n) is 2.08. The van der Waals surface area contributed by atoms with Crippen LogP contribution in [0.15, 0.2) is 42.5 Å². The molecule has 0 aliphatic rings. The van der Waals surface area contributed by atoms with E-state index in [-0.39, 0.29) is 5.41 Å². The maximum Gasteiger partial charge on any atom is 0.141 e. The van der Waals surface area contributed by atoms with Gasteiger partial charge in [0.1, 0.15) is 5.75 Å². The fourth-order valence-corrected chi connectivity index (χ4v) is 2.08. The van der Waals surface area contributed by atoms with Crippen molar-refractivity contribution in [2.24, 2.45) is 0 Å². The first kappa shape index (κ1) is 13.5. The Kier molecular flexibility index (Phi) is 3.52. The molecule has 2 aromatic rings. The summed E-state index contributed by atoms with van der Waals surface area (Å²) in [6.07, 6.45) is 0. The van der Waals surface area contributed by atoms with Gasteiger partial charge in [-0.15, -0.1) is 0 Å². The van der Waals surface area contributed by atoms with Gasteiger partial charge in [-0.05, 0) is 34.2 Å².